The largest absolute Gasteiger partial charge is 0.489 e. The number of pyridine rings is 1. The molecule has 2 aliphatic rings. The van der Waals surface area contributed by atoms with E-state index in [0.29, 0.717) is 24.1 Å². The summed E-state index contributed by atoms with van der Waals surface area (Å²) in [5, 5.41) is 0. The van der Waals surface area contributed by atoms with Crippen molar-refractivity contribution in [2.24, 2.45) is 5.92 Å². The van der Waals surface area contributed by atoms with Crippen LogP contribution in [0.4, 0.5) is 11.6 Å². The molecule has 0 amide bonds. The number of aryl methyl sites for hydroxylation is 1. The average molecular weight is 491 g/mol. The van der Waals surface area contributed by atoms with Gasteiger partial charge in [-0.2, -0.15) is 0 Å². The molecule has 1 saturated heterocycles. The van der Waals surface area contributed by atoms with Crippen molar-refractivity contribution in [3.8, 4) is 22.9 Å². The molecule has 9 nitrogen and oxygen atoms in total. The van der Waals surface area contributed by atoms with Gasteiger partial charge in [-0.25, -0.2) is 15.0 Å². The van der Waals surface area contributed by atoms with Gasteiger partial charge in [0.05, 0.1) is 18.5 Å². The highest BCUT2D eigenvalue weighted by Crippen LogP contribution is 2.31. The highest BCUT2D eigenvalue weighted by molar-refractivity contribution is 5.64. The van der Waals surface area contributed by atoms with Gasteiger partial charge < -0.3 is 30.6 Å². The Balaban J connectivity index is 1.33. The third kappa shape index (κ3) is 5.37. The fraction of sp³-hybridized carbons (Fsp3) is 0.444. The van der Waals surface area contributed by atoms with Gasteiger partial charge in [-0.05, 0) is 74.0 Å². The first kappa shape index (κ1) is 24.3. The Hall–Kier alpha value is -3.43. The SMILES string of the molecule is Cc1cc(-c2cnc(N)c(OCc3ccnc(N)c3OCC3CCOCC3)n2)cc2c1CCN(C)C2. The molecular weight excluding hydrogens is 456 g/mol. The Kier molecular flexibility index (Phi) is 7.20. The summed E-state index contributed by atoms with van der Waals surface area (Å²) >= 11 is 0. The Morgan fingerprint density at radius 3 is 2.78 bits per heavy atom. The first-order valence-corrected chi connectivity index (χ1v) is 12.5. The van der Waals surface area contributed by atoms with Crippen molar-refractivity contribution in [1.82, 2.24) is 19.9 Å². The molecule has 0 radical (unpaired) electrons. The highest BCUT2D eigenvalue weighted by atomic mass is 16.5. The standard InChI is InChI=1S/C27H34N6O3/c1-17-11-20(12-21-14-33(2)8-4-22(17)21)23-13-31-26(29)27(32-23)36-16-19-3-7-30-25(28)24(19)35-15-18-5-9-34-10-6-18/h3,7,11-13,18H,4-6,8-10,14-16H2,1-2H3,(H2,28,30)(H2,29,31). The number of nitrogens with two attached hydrogens (primary N) is 2. The van der Waals surface area contributed by atoms with Crippen molar-refractivity contribution in [2.75, 3.05) is 44.9 Å². The minimum atomic E-state index is 0.187. The predicted octanol–water partition coefficient (Wildman–Crippen LogP) is 3.38. The Bertz CT molecular complexity index is 1230. The molecule has 1 fully saturated rings. The Morgan fingerprint density at radius 2 is 1.94 bits per heavy atom. The van der Waals surface area contributed by atoms with Crippen molar-refractivity contribution < 1.29 is 14.2 Å². The lowest BCUT2D eigenvalue weighted by atomic mass is 9.92. The summed E-state index contributed by atoms with van der Waals surface area (Å²) in [7, 11) is 2.15. The van der Waals surface area contributed by atoms with Crippen LogP contribution in [0.25, 0.3) is 11.3 Å². The van der Waals surface area contributed by atoms with Gasteiger partial charge in [-0.15, -0.1) is 0 Å². The summed E-state index contributed by atoms with van der Waals surface area (Å²) in [5.41, 5.74) is 18.8. The molecule has 0 saturated carbocycles. The predicted molar refractivity (Wildman–Crippen MR) is 139 cm³/mol. The van der Waals surface area contributed by atoms with Crippen molar-refractivity contribution in [2.45, 2.75) is 39.3 Å². The van der Waals surface area contributed by atoms with Gasteiger partial charge >= 0.3 is 0 Å². The number of nitrogen functional groups attached to an aromatic ring is 2. The molecule has 190 valence electrons. The first-order chi connectivity index (χ1) is 17.5. The number of aromatic nitrogens is 3. The van der Waals surface area contributed by atoms with E-state index >= 15 is 0 Å². The monoisotopic (exact) mass is 490 g/mol. The van der Waals surface area contributed by atoms with Crippen LogP contribution in [0.15, 0.2) is 30.6 Å². The summed E-state index contributed by atoms with van der Waals surface area (Å²) < 4.78 is 17.6. The topological polar surface area (TPSA) is 122 Å². The van der Waals surface area contributed by atoms with Crippen LogP contribution in [0, 0.1) is 12.8 Å². The minimum Gasteiger partial charge on any atom is -0.489 e. The lowest BCUT2D eigenvalue weighted by molar-refractivity contribution is 0.0495. The molecule has 2 aromatic heterocycles. The van der Waals surface area contributed by atoms with Crippen LogP contribution >= 0.6 is 0 Å². The van der Waals surface area contributed by atoms with Gasteiger partial charge in [0, 0.05) is 43.6 Å². The molecule has 0 bridgehead atoms. The molecule has 5 rings (SSSR count). The molecule has 3 aromatic rings. The van der Waals surface area contributed by atoms with Gasteiger partial charge in [0.15, 0.2) is 17.4 Å². The van der Waals surface area contributed by atoms with Gasteiger partial charge in [-0.1, -0.05) is 0 Å². The number of hydrogen-bond acceptors (Lipinski definition) is 9. The van der Waals surface area contributed by atoms with Crippen LogP contribution in [0.1, 0.15) is 35.1 Å². The fourth-order valence-electron chi connectivity index (χ4n) is 4.88. The quantitative estimate of drug-likeness (QED) is 0.513. The van der Waals surface area contributed by atoms with Crippen molar-refractivity contribution >= 4 is 11.6 Å². The summed E-state index contributed by atoms with van der Waals surface area (Å²) in [4.78, 5) is 15.6. The first-order valence-electron chi connectivity index (χ1n) is 12.5. The van der Waals surface area contributed by atoms with E-state index in [-0.39, 0.29) is 18.3 Å². The second-order valence-corrected chi connectivity index (χ2v) is 9.70. The van der Waals surface area contributed by atoms with Gasteiger partial charge in [0.25, 0.3) is 5.88 Å². The maximum absolute atomic E-state index is 6.14. The second-order valence-electron chi connectivity index (χ2n) is 9.70. The molecule has 4 N–H and O–H groups in total. The van der Waals surface area contributed by atoms with E-state index in [0.717, 1.165) is 62.4 Å². The zero-order valence-corrected chi connectivity index (χ0v) is 21.0. The zero-order valence-electron chi connectivity index (χ0n) is 21.0. The number of hydrogen-bond donors (Lipinski definition) is 2. The molecular formula is C27H34N6O3. The fourth-order valence-corrected chi connectivity index (χ4v) is 4.88. The van der Waals surface area contributed by atoms with Crippen LogP contribution in [-0.2, 0) is 24.3 Å². The molecule has 0 aliphatic carbocycles. The van der Waals surface area contributed by atoms with E-state index in [1.807, 2.05) is 6.07 Å². The number of ether oxygens (including phenoxy) is 3. The number of fused-ring (bicyclic) bond motifs is 1. The highest BCUT2D eigenvalue weighted by Gasteiger charge is 2.19. The third-order valence-corrected chi connectivity index (χ3v) is 6.99. The molecule has 0 spiro atoms. The average Bonchev–Trinajstić information content (AvgIpc) is 2.88. The maximum atomic E-state index is 6.14. The summed E-state index contributed by atoms with van der Waals surface area (Å²) in [6, 6.07) is 6.21. The van der Waals surface area contributed by atoms with E-state index in [9.17, 15) is 0 Å². The summed E-state index contributed by atoms with van der Waals surface area (Å²) in [5.74, 6) is 1.84. The molecule has 36 heavy (non-hydrogen) atoms. The second kappa shape index (κ2) is 10.7. The van der Waals surface area contributed by atoms with Gasteiger partial charge in [0.1, 0.15) is 6.61 Å². The van der Waals surface area contributed by atoms with Crippen LogP contribution < -0.4 is 20.9 Å². The van der Waals surface area contributed by atoms with E-state index < -0.39 is 0 Å². The molecule has 4 heterocycles. The van der Waals surface area contributed by atoms with Gasteiger partial charge in [0.2, 0.25) is 0 Å². The molecule has 0 atom stereocenters. The Morgan fingerprint density at radius 1 is 1.11 bits per heavy atom. The molecule has 0 unspecified atom stereocenters. The number of benzene rings is 1. The summed E-state index contributed by atoms with van der Waals surface area (Å²) in [6.07, 6.45) is 6.36. The van der Waals surface area contributed by atoms with Crippen LogP contribution in [-0.4, -0.2) is 53.3 Å². The lowest BCUT2D eigenvalue weighted by Crippen LogP contribution is -2.27. The Labute approximate surface area is 211 Å². The lowest BCUT2D eigenvalue weighted by Gasteiger charge is -2.27. The minimum absolute atomic E-state index is 0.187. The van der Waals surface area contributed by atoms with E-state index in [1.165, 1.54) is 16.7 Å². The maximum Gasteiger partial charge on any atom is 0.258 e. The van der Waals surface area contributed by atoms with Crippen molar-refractivity contribution in [3.63, 3.8) is 0 Å². The molecule has 2 aliphatic heterocycles. The van der Waals surface area contributed by atoms with Crippen molar-refractivity contribution in [3.05, 3.63) is 52.8 Å². The van der Waals surface area contributed by atoms with E-state index in [2.05, 4.69) is 41.0 Å². The normalized spacial score (nSPS) is 16.5. The number of likely N-dealkylation sites (N-methyl/N-ethyl adjacent to an activating group) is 1. The van der Waals surface area contributed by atoms with Gasteiger partial charge in [-0.3, -0.25) is 0 Å². The van der Waals surface area contributed by atoms with Crippen LogP contribution in [0.3, 0.4) is 0 Å². The van der Waals surface area contributed by atoms with Crippen LogP contribution in [0.2, 0.25) is 0 Å². The number of nitrogens with zero attached hydrogens (tertiary/aromatic N) is 4. The van der Waals surface area contributed by atoms with Crippen LogP contribution in [0.5, 0.6) is 11.6 Å². The van der Waals surface area contributed by atoms with E-state index in [4.69, 9.17) is 30.7 Å². The van der Waals surface area contributed by atoms with E-state index in [1.54, 1.807) is 12.4 Å². The van der Waals surface area contributed by atoms with Crippen molar-refractivity contribution in [1.29, 1.82) is 0 Å². The smallest absolute Gasteiger partial charge is 0.258 e. The third-order valence-electron chi connectivity index (χ3n) is 6.99. The molecule has 1 aromatic carbocycles. The molecule has 9 heteroatoms. The summed E-state index contributed by atoms with van der Waals surface area (Å²) in [6.45, 7) is 6.44. The number of anilines is 2. The zero-order chi connectivity index (χ0) is 25.1. The number of rotatable bonds is 7.